The number of carbonyl (C=O) groups is 1. The van der Waals surface area contributed by atoms with Gasteiger partial charge in [0.05, 0.1) is 28.2 Å². The summed E-state index contributed by atoms with van der Waals surface area (Å²) in [6.07, 6.45) is 3.49. The number of nitrogens with one attached hydrogen (secondary N) is 1. The molecule has 1 saturated heterocycles. The van der Waals surface area contributed by atoms with Crippen molar-refractivity contribution in [2.24, 2.45) is 5.92 Å². The van der Waals surface area contributed by atoms with E-state index in [2.05, 4.69) is 17.5 Å². The second-order valence-electron chi connectivity index (χ2n) is 10.3. The lowest BCUT2D eigenvalue weighted by atomic mass is 9.80. The lowest BCUT2D eigenvalue weighted by molar-refractivity contribution is 0.0114. The highest BCUT2D eigenvalue weighted by atomic mass is 35.5. The van der Waals surface area contributed by atoms with Crippen LogP contribution >= 0.6 is 23.2 Å². The number of nitrogens with zero attached hydrogens (tertiary/aromatic N) is 3. The number of nitriles is 1. The number of rotatable bonds is 6. The van der Waals surface area contributed by atoms with E-state index >= 15 is 0 Å². The minimum atomic E-state index is -2.66. The van der Waals surface area contributed by atoms with Gasteiger partial charge >= 0.3 is 6.03 Å². The van der Waals surface area contributed by atoms with Gasteiger partial charge in [-0.2, -0.15) is 5.26 Å². The number of alkyl halides is 2. The summed E-state index contributed by atoms with van der Waals surface area (Å²) in [5, 5.41) is 13.0. The van der Waals surface area contributed by atoms with Gasteiger partial charge in [-0.1, -0.05) is 35.3 Å². The summed E-state index contributed by atoms with van der Waals surface area (Å²) in [7, 11) is 0. The van der Waals surface area contributed by atoms with Crippen LogP contribution in [0.3, 0.4) is 0 Å². The Bertz CT molecular complexity index is 1200. The van der Waals surface area contributed by atoms with Gasteiger partial charge in [0.1, 0.15) is 0 Å². The monoisotopic (exact) mass is 532 g/mol. The van der Waals surface area contributed by atoms with Crippen LogP contribution < -0.4 is 5.32 Å². The number of amides is 2. The minimum Gasteiger partial charge on any atom is -0.320 e. The minimum absolute atomic E-state index is 0.00987. The highest BCUT2D eigenvalue weighted by Gasteiger charge is 2.58. The van der Waals surface area contributed by atoms with Crippen LogP contribution in [0.4, 0.5) is 19.3 Å². The number of hydrogen-bond donors (Lipinski definition) is 1. The number of urea groups is 1. The van der Waals surface area contributed by atoms with Crippen molar-refractivity contribution in [3.63, 3.8) is 0 Å². The van der Waals surface area contributed by atoms with Crippen molar-refractivity contribution in [3.8, 4) is 6.07 Å². The summed E-state index contributed by atoms with van der Waals surface area (Å²) in [6, 6.07) is 14.8. The smallest absolute Gasteiger partial charge is 0.320 e. The average Bonchev–Trinajstić information content (AvgIpc) is 3.50. The van der Waals surface area contributed by atoms with Crippen molar-refractivity contribution in [2.45, 2.75) is 49.5 Å². The molecule has 3 atom stereocenters. The van der Waals surface area contributed by atoms with Crippen LogP contribution in [-0.2, 0) is 5.41 Å². The topological polar surface area (TPSA) is 59.4 Å². The zero-order valence-corrected chi connectivity index (χ0v) is 21.3. The number of anilines is 1. The molecule has 1 aliphatic heterocycles. The Kier molecular flexibility index (Phi) is 6.88. The fraction of sp³-hybridized carbons (Fsp3) is 0.481. The van der Waals surface area contributed by atoms with E-state index in [-0.39, 0.29) is 30.5 Å². The van der Waals surface area contributed by atoms with Gasteiger partial charge in [-0.15, -0.1) is 0 Å². The first-order valence-electron chi connectivity index (χ1n) is 12.3. The van der Waals surface area contributed by atoms with Gasteiger partial charge in [0, 0.05) is 37.8 Å². The van der Waals surface area contributed by atoms with E-state index in [4.69, 9.17) is 23.2 Å². The second-order valence-corrected chi connectivity index (χ2v) is 11.1. The number of carbonyl (C=O) groups excluding carboxylic acids is 1. The Morgan fingerprint density at radius 1 is 1.19 bits per heavy atom. The molecule has 36 heavy (non-hydrogen) atoms. The molecular formula is C27H28Cl2F2N4O. The number of likely N-dealkylation sites (tertiary alicyclic amines) is 1. The molecule has 2 aliphatic carbocycles. The van der Waals surface area contributed by atoms with Crippen molar-refractivity contribution >= 4 is 34.9 Å². The highest BCUT2D eigenvalue weighted by Crippen LogP contribution is 2.62. The molecule has 9 heteroatoms. The second kappa shape index (κ2) is 9.81. The van der Waals surface area contributed by atoms with Gasteiger partial charge in [-0.25, -0.2) is 13.6 Å². The standard InChI is InChI=1S/C27H28Cl2F2N4O/c28-23-5-4-21(14-24(23)29)33-25(36)35(11-10-34-9-8-27(30,31)17-34)22-6-7-26(15-20(26)13-22)19-3-1-2-18(12-19)16-32/h1-5,12,14,20,22H,6-11,13,15,17H2,(H,33,36)/t20?,22-,26-/m1/s1. The molecule has 0 radical (unpaired) electrons. The molecule has 3 aliphatic rings. The summed E-state index contributed by atoms with van der Waals surface area (Å²) in [4.78, 5) is 17.0. The number of benzene rings is 2. The van der Waals surface area contributed by atoms with Gasteiger partial charge in [-0.05, 0) is 72.9 Å². The molecule has 2 amide bonds. The molecule has 190 valence electrons. The number of hydrogen-bond acceptors (Lipinski definition) is 3. The fourth-order valence-corrected chi connectivity index (χ4v) is 6.31. The van der Waals surface area contributed by atoms with Gasteiger partial charge in [0.15, 0.2) is 0 Å². The van der Waals surface area contributed by atoms with E-state index in [1.165, 1.54) is 5.56 Å². The van der Waals surface area contributed by atoms with Crippen LogP contribution in [0.5, 0.6) is 0 Å². The summed E-state index contributed by atoms with van der Waals surface area (Å²) >= 11 is 12.1. The lowest BCUT2D eigenvalue weighted by Gasteiger charge is -2.37. The molecule has 2 saturated carbocycles. The lowest BCUT2D eigenvalue weighted by Crippen LogP contribution is -2.48. The average molecular weight is 533 g/mol. The summed E-state index contributed by atoms with van der Waals surface area (Å²) in [6.45, 7) is 0.847. The summed E-state index contributed by atoms with van der Waals surface area (Å²) < 4.78 is 27.5. The van der Waals surface area contributed by atoms with Crippen LogP contribution in [0, 0.1) is 17.2 Å². The maximum Gasteiger partial charge on any atom is 0.322 e. The van der Waals surface area contributed by atoms with E-state index in [1.54, 1.807) is 23.1 Å². The third-order valence-electron chi connectivity index (χ3n) is 8.06. The van der Waals surface area contributed by atoms with Gasteiger partial charge in [0.25, 0.3) is 5.92 Å². The van der Waals surface area contributed by atoms with Crippen molar-refractivity contribution in [3.05, 3.63) is 63.6 Å². The SMILES string of the molecule is N#Cc1cccc([C@]23CC[C@@H](N(CCN4CCC(F)(F)C4)C(=O)Nc4ccc(Cl)c(Cl)c4)CC2C3)c1. The highest BCUT2D eigenvalue weighted by molar-refractivity contribution is 6.42. The summed E-state index contributed by atoms with van der Waals surface area (Å²) in [5.41, 5.74) is 2.49. The first-order valence-corrected chi connectivity index (χ1v) is 13.1. The number of halogens is 4. The number of fused-ring (bicyclic) bond motifs is 1. The zero-order chi connectivity index (χ0) is 25.5. The predicted molar refractivity (Wildman–Crippen MR) is 137 cm³/mol. The first kappa shape index (κ1) is 25.3. The fourth-order valence-electron chi connectivity index (χ4n) is 6.01. The van der Waals surface area contributed by atoms with E-state index in [0.717, 1.165) is 25.7 Å². The third-order valence-corrected chi connectivity index (χ3v) is 8.80. The molecule has 3 fully saturated rings. The molecule has 1 unspecified atom stereocenters. The molecule has 2 aromatic carbocycles. The Labute approximate surface area is 220 Å². The molecule has 1 heterocycles. The Morgan fingerprint density at radius 3 is 2.72 bits per heavy atom. The molecule has 0 aromatic heterocycles. The van der Waals surface area contributed by atoms with E-state index in [9.17, 15) is 18.8 Å². The van der Waals surface area contributed by atoms with E-state index in [1.807, 2.05) is 23.1 Å². The Hall–Kier alpha value is -2.40. The van der Waals surface area contributed by atoms with Gasteiger partial charge < -0.3 is 10.2 Å². The maximum atomic E-state index is 13.7. The normalized spacial score (nSPS) is 26.6. The van der Waals surface area contributed by atoms with E-state index in [0.29, 0.717) is 46.8 Å². The molecule has 2 aromatic rings. The summed E-state index contributed by atoms with van der Waals surface area (Å²) in [5.74, 6) is -2.23. The van der Waals surface area contributed by atoms with Gasteiger partial charge in [0.2, 0.25) is 0 Å². The predicted octanol–water partition coefficient (Wildman–Crippen LogP) is 6.55. The quantitative estimate of drug-likeness (QED) is 0.458. The van der Waals surface area contributed by atoms with Crippen LogP contribution in [0.1, 0.15) is 43.2 Å². The largest absolute Gasteiger partial charge is 0.322 e. The van der Waals surface area contributed by atoms with Crippen molar-refractivity contribution in [2.75, 3.05) is 31.5 Å². The molecule has 5 rings (SSSR count). The molecule has 5 nitrogen and oxygen atoms in total. The van der Waals surface area contributed by atoms with Crippen LogP contribution in [-0.4, -0.2) is 54.0 Å². The molecule has 0 spiro atoms. The zero-order valence-electron chi connectivity index (χ0n) is 19.8. The van der Waals surface area contributed by atoms with Crippen molar-refractivity contribution in [1.29, 1.82) is 5.26 Å². The first-order chi connectivity index (χ1) is 17.2. The van der Waals surface area contributed by atoms with Crippen molar-refractivity contribution in [1.82, 2.24) is 9.80 Å². The van der Waals surface area contributed by atoms with Crippen LogP contribution in [0.2, 0.25) is 10.0 Å². The van der Waals surface area contributed by atoms with Gasteiger partial charge in [-0.3, -0.25) is 4.90 Å². The molecular weight excluding hydrogens is 505 g/mol. The van der Waals surface area contributed by atoms with Crippen LogP contribution in [0.25, 0.3) is 0 Å². The Morgan fingerprint density at radius 2 is 2.03 bits per heavy atom. The third kappa shape index (κ3) is 5.18. The molecule has 0 bridgehead atoms. The van der Waals surface area contributed by atoms with Crippen LogP contribution in [0.15, 0.2) is 42.5 Å². The van der Waals surface area contributed by atoms with Crippen molar-refractivity contribution < 1.29 is 13.6 Å². The Balaban J connectivity index is 1.30. The maximum absolute atomic E-state index is 13.7. The van der Waals surface area contributed by atoms with E-state index < -0.39 is 5.92 Å². The molecule has 1 N–H and O–H groups in total.